The highest BCUT2D eigenvalue weighted by Crippen LogP contribution is 2.49. The summed E-state index contributed by atoms with van der Waals surface area (Å²) in [5.74, 6) is -0.191. The van der Waals surface area contributed by atoms with Crippen molar-refractivity contribution in [1.82, 2.24) is 14.8 Å². The van der Waals surface area contributed by atoms with Crippen LogP contribution in [0, 0.1) is 12.7 Å². The number of halogens is 1. The molecule has 36 heavy (non-hydrogen) atoms. The van der Waals surface area contributed by atoms with Crippen molar-refractivity contribution in [2.75, 3.05) is 32.5 Å². The summed E-state index contributed by atoms with van der Waals surface area (Å²) >= 11 is 1.72. The number of likely N-dealkylation sites (tertiary alicyclic amines) is 1. The van der Waals surface area contributed by atoms with Crippen LogP contribution in [0.25, 0.3) is 16.6 Å². The summed E-state index contributed by atoms with van der Waals surface area (Å²) in [6.07, 6.45) is 4.35. The minimum absolute atomic E-state index is 0.173. The number of aliphatic hydroxyl groups excluding tert-OH is 1. The van der Waals surface area contributed by atoms with E-state index in [1.165, 1.54) is 30.9 Å². The van der Waals surface area contributed by atoms with E-state index in [-0.39, 0.29) is 29.6 Å². The zero-order valence-corrected chi connectivity index (χ0v) is 21.2. The zero-order chi connectivity index (χ0) is 25.1. The lowest BCUT2D eigenvalue weighted by molar-refractivity contribution is -0.151. The Morgan fingerprint density at radius 1 is 1.28 bits per heavy atom. The number of carbonyl (C=O) groups excluding carboxylic acids is 2. The summed E-state index contributed by atoms with van der Waals surface area (Å²) < 4.78 is 19.9. The van der Waals surface area contributed by atoms with Crippen LogP contribution in [0.3, 0.4) is 0 Å². The van der Waals surface area contributed by atoms with Gasteiger partial charge in [0, 0.05) is 58.4 Å². The Labute approximate surface area is 213 Å². The van der Waals surface area contributed by atoms with Gasteiger partial charge in [-0.3, -0.25) is 9.69 Å². The molecule has 188 valence electrons. The highest BCUT2D eigenvalue weighted by atomic mass is 32.2. The summed E-state index contributed by atoms with van der Waals surface area (Å²) in [6.45, 7) is 4.36. The van der Waals surface area contributed by atoms with Crippen LogP contribution in [0.2, 0.25) is 0 Å². The maximum Gasteiger partial charge on any atom is 0.340 e. The number of hydrogen-bond acceptors (Lipinski definition) is 8. The van der Waals surface area contributed by atoms with Gasteiger partial charge in [-0.2, -0.15) is 0 Å². The molecule has 9 heteroatoms. The lowest BCUT2D eigenvalue weighted by Gasteiger charge is -2.38. The number of hydrogen-bond donors (Lipinski definition) is 1. The van der Waals surface area contributed by atoms with E-state index in [2.05, 4.69) is 4.90 Å². The number of aromatic nitrogens is 1. The van der Waals surface area contributed by atoms with E-state index in [1.54, 1.807) is 17.8 Å². The molecule has 1 aromatic carbocycles. The lowest BCUT2D eigenvalue weighted by atomic mass is 9.91. The van der Waals surface area contributed by atoms with E-state index >= 15 is 0 Å². The molecular weight excluding hydrogens is 481 g/mol. The predicted octanol–water partition coefficient (Wildman–Crippen LogP) is 3.51. The average molecular weight is 510 g/mol. The van der Waals surface area contributed by atoms with E-state index in [9.17, 15) is 19.1 Å². The molecule has 4 aliphatic rings. The Bertz CT molecular complexity index is 1370. The third kappa shape index (κ3) is 3.59. The van der Waals surface area contributed by atoms with Gasteiger partial charge in [-0.15, -0.1) is 11.8 Å². The van der Waals surface area contributed by atoms with Gasteiger partial charge in [-0.1, -0.05) is 6.42 Å². The number of aldehydes is 1. The molecule has 4 aliphatic heterocycles. The number of rotatable bonds is 3. The fraction of sp³-hybridized carbons (Fsp3) is 0.444. The number of piperidine rings is 1. The Balaban J connectivity index is 1.59. The number of thioether (sulfide) groups is 1. The summed E-state index contributed by atoms with van der Waals surface area (Å²) in [4.78, 5) is 34.2. The number of benzene rings is 1. The summed E-state index contributed by atoms with van der Waals surface area (Å²) in [6, 6.07) is 1.73. The molecule has 6 rings (SSSR count). The minimum atomic E-state index is -1.54. The van der Waals surface area contributed by atoms with Gasteiger partial charge in [0.2, 0.25) is 0 Å². The fourth-order valence-corrected chi connectivity index (χ4v) is 7.30. The number of nitrogens with zero attached hydrogens (tertiary/aromatic N) is 3. The molecule has 7 nitrogen and oxygen atoms in total. The topological polar surface area (TPSA) is 83.0 Å². The van der Waals surface area contributed by atoms with Gasteiger partial charge in [0.25, 0.3) is 0 Å². The fourth-order valence-electron chi connectivity index (χ4n) is 5.93. The molecule has 2 atom stereocenters. The normalized spacial score (nSPS) is 25.5. The van der Waals surface area contributed by atoms with Crippen LogP contribution in [-0.2, 0) is 20.9 Å². The number of aliphatic hydroxyl groups is 1. The molecule has 1 N–H and O–H groups in total. The second-order valence-electron chi connectivity index (χ2n) is 9.98. The number of ether oxygens (including phenoxy) is 1. The van der Waals surface area contributed by atoms with Crippen molar-refractivity contribution in [3.63, 3.8) is 0 Å². The van der Waals surface area contributed by atoms with Gasteiger partial charge in [-0.05, 0) is 50.1 Å². The molecule has 5 heterocycles. The highest BCUT2D eigenvalue weighted by Gasteiger charge is 2.38. The second-order valence-corrected chi connectivity index (χ2v) is 11.0. The summed E-state index contributed by atoms with van der Waals surface area (Å²) in [5, 5.41) is 11.5. The third-order valence-corrected chi connectivity index (χ3v) is 9.13. The monoisotopic (exact) mass is 509 g/mol. The van der Waals surface area contributed by atoms with E-state index in [4.69, 9.17) is 9.72 Å². The van der Waals surface area contributed by atoms with E-state index < -0.39 is 12.1 Å². The van der Waals surface area contributed by atoms with Gasteiger partial charge < -0.3 is 14.7 Å². The Kier molecular flexibility index (Phi) is 5.89. The molecular formula is C27H28FN3O4S. The van der Waals surface area contributed by atoms with Crippen molar-refractivity contribution in [2.24, 2.45) is 0 Å². The van der Waals surface area contributed by atoms with Crippen LogP contribution in [0.1, 0.15) is 47.7 Å². The Hall–Kier alpha value is -2.75. The molecule has 1 fully saturated rings. The van der Waals surface area contributed by atoms with Crippen molar-refractivity contribution in [1.29, 1.82) is 0 Å². The third-order valence-electron chi connectivity index (χ3n) is 7.85. The first-order valence-corrected chi connectivity index (χ1v) is 13.4. The molecule has 0 radical (unpaired) electrons. The lowest BCUT2D eigenvalue weighted by Crippen LogP contribution is -2.36. The van der Waals surface area contributed by atoms with Crippen LogP contribution in [0.5, 0.6) is 0 Å². The maximum absolute atomic E-state index is 15.0. The maximum atomic E-state index is 15.0. The standard InChI is InChI=1S/C27H28FN3O4S/c1-14-18(28)9-19-23-22(21(13-36-26(14)23)31-6-4-3-5-7-31)17-10-30(2)20(24(17)29-19)8-16-15(11-32)12-35-27(34)25(16)33/h8-9,11,21,25,33H,3-7,10,12-13H2,1-2H3/b20-8-. The Morgan fingerprint density at radius 2 is 2.06 bits per heavy atom. The quantitative estimate of drug-likeness (QED) is 0.497. The van der Waals surface area contributed by atoms with Crippen LogP contribution in [0.15, 0.2) is 28.2 Å². The smallest absolute Gasteiger partial charge is 0.340 e. The Morgan fingerprint density at radius 3 is 2.81 bits per heavy atom. The summed E-state index contributed by atoms with van der Waals surface area (Å²) in [5.41, 5.74) is 5.47. The van der Waals surface area contributed by atoms with Crippen LogP contribution in [-0.4, -0.2) is 70.7 Å². The largest absolute Gasteiger partial charge is 0.459 e. The van der Waals surface area contributed by atoms with Crippen LogP contribution in [0.4, 0.5) is 4.39 Å². The van der Waals surface area contributed by atoms with E-state index in [1.807, 2.05) is 18.9 Å². The number of carbonyl (C=O) groups is 2. The van der Waals surface area contributed by atoms with Gasteiger partial charge in [0.1, 0.15) is 18.7 Å². The van der Waals surface area contributed by atoms with Gasteiger partial charge in [-0.25, -0.2) is 14.2 Å². The zero-order valence-electron chi connectivity index (χ0n) is 20.3. The number of fused-ring (bicyclic) bond motifs is 2. The molecule has 0 amide bonds. The number of esters is 1. The molecule has 1 aromatic heterocycles. The summed E-state index contributed by atoms with van der Waals surface area (Å²) in [7, 11) is 1.93. The van der Waals surface area contributed by atoms with Crippen molar-refractivity contribution >= 4 is 40.6 Å². The minimum Gasteiger partial charge on any atom is -0.459 e. The molecule has 1 saturated heterocycles. The van der Waals surface area contributed by atoms with Gasteiger partial charge in [0.15, 0.2) is 6.10 Å². The van der Waals surface area contributed by atoms with Gasteiger partial charge in [0.05, 0.1) is 16.9 Å². The SMILES string of the molecule is Cc1c(F)cc2nc3c(c4c2c1SCC4N1CCCCC1)CN(C)/C3=C\C1=C(C=O)COC(=O)C1O. The molecule has 0 spiro atoms. The first-order chi connectivity index (χ1) is 17.4. The van der Waals surface area contributed by atoms with E-state index in [0.29, 0.717) is 35.3 Å². The highest BCUT2D eigenvalue weighted by molar-refractivity contribution is 7.99. The molecule has 0 aliphatic carbocycles. The average Bonchev–Trinajstić information content (AvgIpc) is 3.20. The van der Waals surface area contributed by atoms with Crippen molar-refractivity contribution in [3.05, 3.63) is 51.5 Å². The molecule has 2 unspecified atom stereocenters. The second kappa shape index (κ2) is 8.97. The van der Waals surface area contributed by atoms with E-state index in [0.717, 1.165) is 34.7 Å². The number of pyridine rings is 1. The van der Waals surface area contributed by atoms with Crippen LogP contribution >= 0.6 is 11.8 Å². The van der Waals surface area contributed by atoms with Crippen molar-refractivity contribution < 1.29 is 23.8 Å². The molecule has 2 aromatic rings. The molecule has 0 bridgehead atoms. The van der Waals surface area contributed by atoms with Crippen LogP contribution < -0.4 is 0 Å². The predicted molar refractivity (Wildman–Crippen MR) is 135 cm³/mol. The first kappa shape index (κ1) is 23.6. The first-order valence-electron chi connectivity index (χ1n) is 12.4. The molecule has 0 saturated carbocycles. The number of cyclic esters (lactones) is 1. The van der Waals surface area contributed by atoms with Gasteiger partial charge >= 0.3 is 5.97 Å². The van der Waals surface area contributed by atoms with Crippen molar-refractivity contribution in [2.45, 2.75) is 49.8 Å². The van der Waals surface area contributed by atoms with Crippen molar-refractivity contribution in [3.8, 4) is 0 Å².